The summed E-state index contributed by atoms with van der Waals surface area (Å²) < 4.78 is 2.69. The quantitative estimate of drug-likeness (QED) is 0.894. The molecule has 2 aromatic rings. The predicted octanol–water partition coefficient (Wildman–Crippen LogP) is 3.00. The predicted molar refractivity (Wildman–Crippen MR) is 90.8 cm³/mol. The Balaban J connectivity index is 1.84. The largest absolute Gasteiger partial charge is 0.307 e. The van der Waals surface area contributed by atoms with E-state index in [9.17, 15) is 4.79 Å². The second-order valence-electron chi connectivity index (χ2n) is 6.76. The third-order valence-electron chi connectivity index (χ3n) is 5.34. The first-order valence-corrected chi connectivity index (χ1v) is 8.75. The average Bonchev–Trinajstić information content (AvgIpc) is 3.02. The van der Waals surface area contributed by atoms with Gasteiger partial charge in [0.25, 0.3) is 5.56 Å². The number of rotatable bonds is 2. The van der Waals surface area contributed by atoms with Crippen LogP contribution in [-0.2, 0) is 7.05 Å². The molecule has 4 atom stereocenters. The Kier molecular flexibility index (Phi) is 3.38. The Labute approximate surface area is 138 Å². The first kappa shape index (κ1) is 14.4. The molecular weight excluding hydrogens is 342 g/mol. The van der Waals surface area contributed by atoms with Crippen molar-refractivity contribution in [1.82, 2.24) is 14.9 Å². The first-order valence-electron chi connectivity index (χ1n) is 7.96. The van der Waals surface area contributed by atoms with Gasteiger partial charge in [-0.1, -0.05) is 22.9 Å². The van der Waals surface area contributed by atoms with E-state index in [0.717, 1.165) is 34.2 Å². The van der Waals surface area contributed by atoms with Gasteiger partial charge >= 0.3 is 0 Å². The van der Waals surface area contributed by atoms with Gasteiger partial charge < -0.3 is 5.32 Å². The number of nitrogens with zero attached hydrogens (tertiary/aromatic N) is 2. The summed E-state index contributed by atoms with van der Waals surface area (Å²) in [5, 5.41) is 4.26. The molecule has 1 aromatic heterocycles. The molecule has 22 heavy (non-hydrogen) atoms. The highest BCUT2D eigenvalue weighted by molar-refractivity contribution is 9.10. The van der Waals surface area contributed by atoms with Gasteiger partial charge in [-0.25, -0.2) is 4.98 Å². The van der Waals surface area contributed by atoms with Gasteiger partial charge in [0.2, 0.25) is 0 Å². The summed E-state index contributed by atoms with van der Waals surface area (Å²) >= 11 is 3.47. The molecule has 5 heteroatoms. The van der Waals surface area contributed by atoms with E-state index in [1.165, 1.54) is 12.8 Å². The monoisotopic (exact) mass is 361 g/mol. The molecule has 2 heterocycles. The molecule has 4 nitrogen and oxygen atoms in total. The number of hydrogen-bond acceptors (Lipinski definition) is 3. The van der Waals surface area contributed by atoms with Crippen molar-refractivity contribution in [1.29, 1.82) is 0 Å². The smallest absolute Gasteiger partial charge is 0.261 e. The SMILES string of the molecule is CC1C[C@@H]1C1CCNC1c1nc2cc(Br)ccc2c(=O)n1C. The van der Waals surface area contributed by atoms with Crippen molar-refractivity contribution in [3.8, 4) is 0 Å². The van der Waals surface area contributed by atoms with Crippen molar-refractivity contribution in [2.45, 2.75) is 25.8 Å². The Morgan fingerprint density at radius 1 is 1.36 bits per heavy atom. The van der Waals surface area contributed by atoms with Crippen molar-refractivity contribution >= 4 is 26.8 Å². The van der Waals surface area contributed by atoms with Crippen LogP contribution < -0.4 is 10.9 Å². The molecule has 1 aliphatic heterocycles. The second-order valence-corrected chi connectivity index (χ2v) is 7.67. The zero-order valence-electron chi connectivity index (χ0n) is 12.8. The van der Waals surface area contributed by atoms with Crippen molar-refractivity contribution in [2.24, 2.45) is 24.8 Å². The van der Waals surface area contributed by atoms with Crippen LogP contribution in [0.5, 0.6) is 0 Å². The molecule has 1 saturated carbocycles. The Hall–Kier alpha value is -1.20. The van der Waals surface area contributed by atoms with Crippen molar-refractivity contribution < 1.29 is 0 Å². The molecule has 116 valence electrons. The molecule has 4 rings (SSSR count). The molecule has 0 bridgehead atoms. The minimum atomic E-state index is 0.0452. The van der Waals surface area contributed by atoms with Crippen LogP contribution in [0.1, 0.15) is 31.6 Å². The summed E-state index contributed by atoms with van der Waals surface area (Å²) in [6.07, 6.45) is 2.50. The highest BCUT2D eigenvalue weighted by Crippen LogP contribution is 2.50. The summed E-state index contributed by atoms with van der Waals surface area (Å²) in [4.78, 5) is 17.5. The standard InChI is InChI=1S/C17H20BrN3O/c1-9-7-13(9)11-5-6-19-15(11)16-20-14-8-10(18)3-4-12(14)17(22)21(16)2/h3-4,8-9,11,13,15,19H,5-7H2,1-2H3/t9?,11?,13-,15?/m0/s1. The Bertz CT molecular complexity index is 800. The highest BCUT2D eigenvalue weighted by Gasteiger charge is 2.46. The molecule has 2 aliphatic rings. The summed E-state index contributed by atoms with van der Waals surface area (Å²) in [7, 11) is 1.85. The first-order chi connectivity index (χ1) is 10.6. The number of halogens is 1. The maximum Gasteiger partial charge on any atom is 0.261 e. The van der Waals surface area contributed by atoms with Crippen LogP contribution in [-0.4, -0.2) is 16.1 Å². The summed E-state index contributed by atoms with van der Waals surface area (Å²) in [6, 6.07) is 5.88. The normalized spacial score (nSPS) is 30.9. The number of nitrogens with one attached hydrogen (secondary N) is 1. The second kappa shape index (κ2) is 5.17. The van der Waals surface area contributed by atoms with Crippen molar-refractivity contribution in [2.75, 3.05) is 6.54 Å². The lowest BCUT2D eigenvalue weighted by Gasteiger charge is -2.21. The molecule has 0 spiro atoms. The molecule has 3 unspecified atom stereocenters. The average molecular weight is 362 g/mol. The van der Waals surface area contributed by atoms with Gasteiger partial charge in [0, 0.05) is 11.5 Å². The molecule has 1 aromatic carbocycles. The molecule has 1 saturated heterocycles. The minimum Gasteiger partial charge on any atom is -0.307 e. The maximum absolute atomic E-state index is 12.7. The van der Waals surface area contributed by atoms with E-state index in [-0.39, 0.29) is 11.6 Å². The maximum atomic E-state index is 12.7. The summed E-state index contributed by atoms with van der Waals surface area (Å²) in [6.45, 7) is 3.34. The zero-order chi connectivity index (χ0) is 15.4. The molecule has 0 radical (unpaired) electrons. The lowest BCUT2D eigenvalue weighted by molar-refractivity contribution is 0.372. The van der Waals surface area contributed by atoms with E-state index < -0.39 is 0 Å². The van der Waals surface area contributed by atoms with Crippen LogP contribution >= 0.6 is 15.9 Å². The van der Waals surface area contributed by atoms with Crippen LogP contribution in [0.4, 0.5) is 0 Å². The Morgan fingerprint density at radius 3 is 2.86 bits per heavy atom. The van der Waals surface area contributed by atoms with E-state index in [1.54, 1.807) is 4.57 Å². The number of fused-ring (bicyclic) bond motifs is 1. The topological polar surface area (TPSA) is 46.9 Å². The van der Waals surface area contributed by atoms with Crippen LogP contribution in [0.25, 0.3) is 10.9 Å². The summed E-state index contributed by atoms with van der Waals surface area (Å²) in [5.41, 5.74) is 0.826. The number of aromatic nitrogens is 2. The van der Waals surface area contributed by atoms with Crippen molar-refractivity contribution in [3.05, 3.63) is 38.9 Å². The molecule has 1 aliphatic carbocycles. The minimum absolute atomic E-state index is 0.0452. The third kappa shape index (κ3) is 2.22. The lowest BCUT2D eigenvalue weighted by Crippen LogP contribution is -2.30. The fourth-order valence-corrected chi connectivity index (χ4v) is 4.30. The molecule has 2 fully saturated rings. The van der Waals surface area contributed by atoms with E-state index in [0.29, 0.717) is 11.3 Å². The van der Waals surface area contributed by atoms with Gasteiger partial charge in [0.05, 0.1) is 16.9 Å². The number of hydrogen-bond donors (Lipinski definition) is 1. The third-order valence-corrected chi connectivity index (χ3v) is 5.84. The molecular formula is C17H20BrN3O. The molecule has 0 amide bonds. The fraction of sp³-hybridized carbons (Fsp3) is 0.529. The lowest BCUT2D eigenvalue weighted by atomic mass is 9.93. The van der Waals surface area contributed by atoms with E-state index in [4.69, 9.17) is 4.98 Å². The Morgan fingerprint density at radius 2 is 2.14 bits per heavy atom. The van der Waals surface area contributed by atoms with E-state index in [2.05, 4.69) is 28.2 Å². The van der Waals surface area contributed by atoms with Gasteiger partial charge in [0.1, 0.15) is 5.82 Å². The van der Waals surface area contributed by atoms with Gasteiger partial charge in [0.15, 0.2) is 0 Å². The fourth-order valence-electron chi connectivity index (χ4n) is 3.95. The highest BCUT2D eigenvalue weighted by atomic mass is 79.9. The number of benzene rings is 1. The van der Waals surface area contributed by atoms with E-state index >= 15 is 0 Å². The van der Waals surface area contributed by atoms with Gasteiger partial charge in [-0.15, -0.1) is 0 Å². The summed E-state index contributed by atoms with van der Waals surface area (Å²) in [5.74, 6) is 3.10. The van der Waals surface area contributed by atoms with Gasteiger partial charge in [-0.05, 0) is 55.3 Å². The van der Waals surface area contributed by atoms with E-state index in [1.807, 2.05) is 25.2 Å². The van der Waals surface area contributed by atoms with Crippen LogP contribution in [0.2, 0.25) is 0 Å². The zero-order valence-corrected chi connectivity index (χ0v) is 14.4. The van der Waals surface area contributed by atoms with Crippen LogP contribution in [0, 0.1) is 17.8 Å². The molecule has 1 N–H and O–H groups in total. The van der Waals surface area contributed by atoms with Gasteiger partial charge in [-0.2, -0.15) is 0 Å². The van der Waals surface area contributed by atoms with Gasteiger partial charge in [-0.3, -0.25) is 9.36 Å². The van der Waals surface area contributed by atoms with Crippen LogP contribution in [0.3, 0.4) is 0 Å². The van der Waals surface area contributed by atoms with Crippen LogP contribution in [0.15, 0.2) is 27.5 Å². The van der Waals surface area contributed by atoms with Crippen molar-refractivity contribution in [3.63, 3.8) is 0 Å².